The molecule has 0 bridgehead atoms. The molecular formula is C52H36N4. The van der Waals surface area contributed by atoms with Crippen LogP contribution < -0.4 is 0 Å². The number of hydrogen-bond donors (Lipinski definition) is 0. The Labute approximate surface area is 325 Å². The van der Waals surface area contributed by atoms with Gasteiger partial charge in [0.2, 0.25) is 0 Å². The number of benzene rings is 6. The summed E-state index contributed by atoms with van der Waals surface area (Å²) >= 11 is 0. The first-order valence-corrected chi connectivity index (χ1v) is 18.9. The Balaban J connectivity index is 0.966. The third kappa shape index (κ3) is 5.89. The van der Waals surface area contributed by atoms with Gasteiger partial charge in [-0.1, -0.05) is 127 Å². The third-order valence-corrected chi connectivity index (χ3v) is 11.0. The van der Waals surface area contributed by atoms with Crippen molar-refractivity contribution < 1.29 is 0 Å². The zero-order chi connectivity index (χ0) is 37.6. The lowest BCUT2D eigenvalue weighted by Crippen LogP contribution is -1.95. The predicted molar refractivity (Wildman–Crippen MR) is 235 cm³/mol. The van der Waals surface area contributed by atoms with Crippen LogP contribution in [0.1, 0.15) is 22.6 Å². The van der Waals surface area contributed by atoms with Crippen molar-refractivity contribution >= 4 is 60.5 Å². The molecule has 0 aliphatic carbocycles. The first-order valence-electron chi connectivity index (χ1n) is 18.9. The Bertz CT molecular complexity index is 3190. The maximum absolute atomic E-state index is 5.20. The molecule has 0 saturated heterocycles. The highest BCUT2D eigenvalue weighted by Gasteiger charge is 2.15. The summed E-state index contributed by atoms with van der Waals surface area (Å²) in [6, 6.07) is 53.3. The lowest BCUT2D eigenvalue weighted by atomic mass is 9.89. The maximum Gasteiger partial charge on any atom is 0.0795 e. The van der Waals surface area contributed by atoms with Crippen molar-refractivity contribution in [2.75, 3.05) is 0 Å². The number of aromatic nitrogens is 4. The Morgan fingerprint density at radius 3 is 2.05 bits per heavy atom. The molecule has 4 nitrogen and oxygen atoms in total. The first-order chi connectivity index (χ1) is 27.6. The number of para-hydroxylation sites is 1. The first kappa shape index (κ1) is 33.3. The standard InChI is InChI=1S/C52H36N4/c1-3-34(15-16-35-17-19-38-11-8-29-53-51(38)33(35)2)42-24-25-45(44-13-5-4-12-43(42)44)48-28-23-41-31-39(22-26-47(41)55-48)40-20-18-36-21-27-49(56-50(36)32-40)46-14-6-9-37-10-7-30-54-52(37)46/h3-32,34H,1H2,2H3/b16-15-. The third-order valence-electron chi connectivity index (χ3n) is 11.0. The van der Waals surface area contributed by atoms with Gasteiger partial charge in [-0.15, -0.1) is 6.58 Å². The van der Waals surface area contributed by atoms with Crippen LogP contribution in [0.15, 0.2) is 183 Å². The Morgan fingerprint density at radius 2 is 1.20 bits per heavy atom. The van der Waals surface area contributed by atoms with Crippen LogP contribution in [-0.4, -0.2) is 19.9 Å². The van der Waals surface area contributed by atoms with Crippen LogP contribution in [0.4, 0.5) is 0 Å². The number of nitrogens with zero attached hydrogens (tertiary/aromatic N) is 4. The summed E-state index contributed by atoms with van der Waals surface area (Å²) in [6.45, 7) is 6.37. The fourth-order valence-corrected chi connectivity index (χ4v) is 8.05. The molecule has 0 spiro atoms. The van der Waals surface area contributed by atoms with Crippen LogP contribution in [0.5, 0.6) is 0 Å². The molecule has 0 aliphatic rings. The molecule has 10 rings (SSSR count). The van der Waals surface area contributed by atoms with Crippen LogP contribution in [0.25, 0.3) is 94.1 Å². The van der Waals surface area contributed by atoms with E-state index in [2.05, 4.69) is 175 Å². The van der Waals surface area contributed by atoms with Crippen molar-refractivity contribution in [3.8, 4) is 33.6 Å². The molecule has 0 aliphatic heterocycles. The second-order valence-electron chi connectivity index (χ2n) is 14.3. The number of rotatable bonds is 7. The highest BCUT2D eigenvalue weighted by Crippen LogP contribution is 2.36. The molecule has 0 fully saturated rings. The van der Waals surface area contributed by atoms with E-state index in [9.17, 15) is 0 Å². The summed E-state index contributed by atoms with van der Waals surface area (Å²) < 4.78 is 0. The molecule has 4 heterocycles. The van der Waals surface area contributed by atoms with E-state index in [-0.39, 0.29) is 5.92 Å². The van der Waals surface area contributed by atoms with Gasteiger partial charge >= 0.3 is 0 Å². The SMILES string of the molecule is C=CC(/C=C\c1ccc2cccnc2c1C)c1ccc(-c2ccc3cc(-c4ccc5ccc(-c6cccc7cccnc67)nc5c4)ccc3n2)c2ccccc12. The highest BCUT2D eigenvalue weighted by molar-refractivity contribution is 6.00. The average Bonchev–Trinajstić information content (AvgIpc) is 3.26. The van der Waals surface area contributed by atoms with E-state index in [1.807, 2.05) is 30.6 Å². The van der Waals surface area contributed by atoms with E-state index >= 15 is 0 Å². The topological polar surface area (TPSA) is 51.6 Å². The lowest BCUT2D eigenvalue weighted by Gasteiger charge is -2.16. The van der Waals surface area contributed by atoms with Gasteiger partial charge in [0.15, 0.2) is 0 Å². The van der Waals surface area contributed by atoms with Crippen LogP contribution in [-0.2, 0) is 0 Å². The van der Waals surface area contributed by atoms with Crippen LogP contribution in [0.2, 0.25) is 0 Å². The van der Waals surface area contributed by atoms with Gasteiger partial charge in [-0.25, -0.2) is 9.97 Å². The summed E-state index contributed by atoms with van der Waals surface area (Å²) in [7, 11) is 0. The Hall–Kier alpha value is -7.30. The van der Waals surface area contributed by atoms with E-state index in [0.717, 1.165) is 82.8 Å². The van der Waals surface area contributed by atoms with Crippen molar-refractivity contribution in [1.29, 1.82) is 0 Å². The van der Waals surface area contributed by atoms with Gasteiger partial charge in [0, 0.05) is 51.0 Å². The zero-order valence-electron chi connectivity index (χ0n) is 30.9. The monoisotopic (exact) mass is 716 g/mol. The Morgan fingerprint density at radius 1 is 0.518 bits per heavy atom. The van der Waals surface area contributed by atoms with Crippen molar-refractivity contribution in [2.24, 2.45) is 0 Å². The Kier molecular flexibility index (Phi) is 8.23. The van der Waals surface area contributed by atoms with E-state index < -0.39 is 0 Å². The fourth-order valence-electron chi connectivity index (χ4n) is 8.05. The molecule has 0 N–H and O–H groups in total. The summed E-state index contributed by atoms with van der Waals surface area (Å²) in [5, 5.41) is 6.81. The minimum Gasteiger partial charge on any atom is -0.256 e. The number of hydrogen-bond acceptors (Lipinski definition) is 4. The second-order valence-corrected chi connectivity index (χ2v) is 14.3. The summed E-state index contributed by atoms with van der Waals surface area (Å²) in [5.41, 5.74) is 13.7. The summed E-state index contributed by atoms with van der Waals surface area (Å²) in [6.07, 6.45) is 10.2. The molecular weight excluding hydrogens is 681 g/mol. The summed E-state index contributed by atoms with van der Waals surface area (Å²) in [4.78, 5) is 19.6. The molecule has 6 aromatic carbocycles. The second kappa shape index (κ2) is 13.8. The molecule has 0 radical (unpaired) electrons. The number of aryl methyl sites for hydroxylation is 1. The number of fused-ring (bicyclic) bond motifs is 5. The van der Waals surface area contributed by atoms with Crippen molar-refractivity contribution in [3.63, 3.8) is 0 Å². The van der Waals surface area contributed by atoms with E-state index in [0.29, 0.717) is 0 Å². The van der Waals surface area contributed by atoms with Gasteiger partial charge < -0.3 is 0 Å². The molecule has 4 aromatic heterocycles. The molecule has 10 aromatic rings. The van der Waals surface area contributed by atoms with Gasteiger partial charge in [-0.3, -0.25) is 9.97 Å². The fraction of sp³-hybridized carbons (Fsp3) is 0.0385. The minimum atomic E-state index is 0.0305. The van der Waals surface area contributed by atoms with Crippen LogP contribution in [0.3, 0.4) is 0 Å². The van der Waals surface area contributed by atoms with Gasteiger partial charge in [-0.2, -0.15) is 0 Å². The molecule has 0 amide bonds. The molecule has 1 atom stereocenters. The largest absolute Gasteiger partial charge is 0.256 e. The van der Waals surface area contributed by atoms with Gasteiger partial charge in [0.05, 0.1) is 33.5 Å². The zero-order valence-corrected chi connectivity index (χ0v) is 30.9. The quantitative estimate of drug-likeness (QED) is 0.154. The lowest BCUT2D eigenvalue weighted by molar-refractivity contribution is 1.11. The van der Waals surface area contributed by atoms with E-state index in [1.54, 1.807) is 0 Å². The van der Waals surface area contributed by atoms with E-state index in [1.165, 1.54) is 21.9 Å². The maximum atomic E-state index is 5.20. The predicted octanol–water partition coefficient (Wildman–Crippen LogP) is 13.3. The summed E-state index contributed by atoms with van der Waals surface area (Å²) in [5.74, 6) is 0.0305. The normalized spacial score (nSPS) is 12.3. The van der Waals surface area contributed by atoms with Gasteiger partial charge in [-0.05, 0) is 88.0 Å². The minimum absolute atomic E-state index is 0.0305. The number of pyridine rings is 4. The molecule has 56 heavy (non-hydrogen) atoms. The molecule has 0 saturated carbocycles. The van der Waals surface area contributed by atoms with Crippen LogP contribution in [0, 0.1) is 6.92 Å². The number of allylic oxidation sites excluding steroid dienone is 2. The smallest absolute Gasteiger partial charge is 0.0795 e. The van der Waals surface area contributed by atoms with Crippen molar-refractivity contribution in [3.05, 3.63) is 199 Å². The van der Waals surface area contributed by atoms with Crippen molar-refractivity contribution in [1.82, 2.24) is 19.9 Å². The average molecular weight is 717 g/mol. The van der Waals surface area contributed by atoms with Crippen LogP contribution >= 0.6 is 0 Å². The molecule has 1 unspecified atom stereocenters. The van der Waals surface area contributed by atoms with Gasteiger partial charge in [0.1, 0.15) is 0 Å². The van der Waals surface area contributed by atoms with Crippen molar-refractivity contribution in [2.45, 2.75) is 12.8 Å². The van der Waals surface area contributed by atoms with E-state index in [4.69, 9.17) is 9.97 Å². The highest BCUT2D eigenvalue weighted by atomic mass is 14.7. The van der Waals surface area contributed by atoms with Gasteiger partial charge in [0.25, 0.3) is 0 Å². The molecule has 4 heteroatoms. The molecule has 264 valence electrons.